The number of methoxy groups -OCH3 is 1. The highest BCUT2D eigenvalue weighted by Crippen LogP contribution is 2.58. The summed E-state index contributed by atoms with van der Waals surface area (Å²) in [6, 6.07) is 9.50. The number of para-hydroxylation sites is 1. The Morgan fingerprint density at radius 2 is 1.88 bits per heavy atom. The lowest BCUT2D eigenvalue weighted by atomic mass is 10.3. The number of esters is 2. The molecule has 0 amide bonds. The van der Waals surface area contributed by atoms with E-state index in [1.165, 1.54) is 30.6 Å². The Morgan fingerprint density at radius 1 is 1.19 bits per heavy atom. The molecule has 0 aromatic heterocycles. The average Bonchev–Trinajstić information content (AvgIpc) is 3.16. The molecule has 0 radical (unpaired) electrons. The van der Waals surface area contributed by atoms with Crippen LogP contribution in [0.15, 0.2) is 46.0 Å². The van der Waals surface area contributed by atoms with Crippen LogP contribution in [0.3, 0.4) is 0 Å². The number of benzene rings is 1. The highest BCUT2D eigenvalue weighted by Gasteiger charge is 2.56. The van der Waals surface area contributed by atoms with Gasteiger partial charge in [-0.15, -0.1) is 0 Å². The molecular formula is C17H19N3O4S2. The summed E-state index contributed by atoms with van der Waals surface area (Å²) in [5, 5.41) is 6.46. The van der Waals surface area contributed by atoms with Crippen LogP contribution >= 0.6 is 23.5 Å². The van der Waals surface area contributed by atoms with Crippen molar-refractivity contribution in [2.75, 3.05) is 25.8 Å². The fourth-order valence-corrected chi connectivity index (χ4v) is 5.50. The number of carbonyl (C=O) groups excluding carboxylic acids is 2. The van der Waals surface area contributed by atoms with E-state index in [-0.39, 0.29) is 11.0 Å². The number of allylic oxidation sites excluding steroid dienone is 1. The number of hydrazone groups is 1. The van der Waals surface area contributed by atoms with Gasteiger partial charge >= 0.3 is 11.9 Å². The number of hydrogen-bond donors (Lipinski definition) is 0. The molecule has 0 fully saturated rings. The van der Waals surface area contributed by atoms with Gasteiger partial charge in [0, 0.05) is 12.7 Å². The fraction of sp³-hybridized carbons (Fsp3) is 0.353. The zero-order valence-corrected chi connectivity index (χ0v) is 16.5. The van der Waals surface area contributed by atoms with Crippen LogP contribution in [0, 0.1) is 0 Å². The summed E-state index contributed by atoms with van der Waals surface area (Å²) in [6.45, 7) is 3.92. The smallest absolute Gasteiger partial charge is 0.365 e. The van der Waals surface area contributed by atoms with E-state index in [0.29, 0.717) is 11.5 Å². The molecule has 2 heterocycles. The van der Waals surface area contributed by atoms with Crippen LogP contribution in [0.25, 0.3) is 0 Å². The first-order valence-corrected chi connectivity index (χ1v) is 9.60. The highest BCUT2D eigenvalue weighted by atomic mass is 32.2. The lowest BCUT2D eigenvalue weighted by Crippen LogP contribution is -2.47. The summed E-state index contributed by atoms with van der Waals surface area (Å²) in [5.74, 6) is -0.886. The van der Waals surface area contributed by atoms with E-state index in [0.717, 1.165) is 11.4 Å². The van der Waals surface area contributed by atoms with Gasteiger partial charge in [-0.05, 0) is 37.7 Å². The molecule has 1 aromatic rings. The minimum Gasteiger partial charge on any atom is -0.464 e. The van der Waals surface area contributed by atoms with Crippen LogP contribution < -0.4 is 5.01 Å². The quantitative estimate of drug-likeness (QED) is 0.723. The first kappa shape index (κ1) is 18.7. The minimum atomic E-state index is -0.836. The predicted molar refractivity (Wildman–Crippen MR) is 103 cm³/mol. The van der Waals surface area contributed by atoms with Crippen LogP contribution in [0.2, 0.25) is 0 Å². The van der Waals surface area contributed by atoms with Gasteiger partial charge < -0.3 is 14.4 Å². The van der Waals surface area contributed by atoms with Crippen molar-refractivity contribution in [2.24, 2.45) is 5.10 Å². The molecule has 2 aliphatic rings. The molecule has 0 bridgehead atoms. The summed E-state index contributed by atoms with van der Waals surface area (Å²) in [7, 11) is 3.19. The van der Waals surface area contributed by atoms with Crippen molar-refractivity contribution in [2.45, 2.75) is 18.2 Å². The molecule has 0 N–H and O–H groups in total. The summed E-state index contributed by atoms with van der Waals surface area (Å²) in [6.07, 6.45) is 0. The average molecular weight is 393 g/mol. The summed E-state index contributed by atoms with van der Waals surface area (Å²) < 4.78 is 9.19. The summed E-state index contributed by atoms with van der Waals surface area (Å²) in [5.41, 5.74) is 1.57. The van der Waals surface area contributed by atoms with Crippen molar-refractivity contribution < 1.29 is 19.1 Å². The third-order valence-corrected chi connectivity index (χ3v) is 7.03. The second kappa shape index (κ2) is 7.24. The van der Waals surface area contributed by atoms with E-state index in [2.05, 4.69) is 5.10 Å². The molecular weight excluding hydrogens is 374 g/mol. The molecule has 138 valence electrons. The summed E-state index contributed by atoms with van der Waals surface area (Å²) >= 11 is 2.57. The van der Waals surface area contributed by atoms with E-state index >= 15 is 0 Å². The Kier molecular flexibility index (Phi) is 5.19. The van der Waals surface area contributed by atoms with Crippen molar-refractivity contribution in [1.29, 1.82) is 0 Å². The van der Waals surface area contributed by atoms with Crippen molar-refractivity contribution in [3.63, 3.8) is 0 Å². The first-order chi connectivity index (χ1) is 12.4. The number of thioether (sulfide) groups is 2. The largest absolute Gasteiger partial charge is 0.464 e. The molecule has 3 rings (SSSR count). The first-order valence-electron chi connectivity index (χ1n) is 7.96. The zero-order chi connectivity index (χ0) is 18.9. The molecule has 1 aromatic carbocycles. The Morgan fingerprint density at radius 3 is 2.50 bits per heavy atom. The third-order valence-electron chi connectivity index (χ3n) is 4.00. The van der Waals surface area contributed by atoms with Gasteiger partial charge in [-0.2, -0.15) is 5.10 Å². The van der Waals surface area contributed by atoms with Crippen molar-refractivity contribution >= 4 is 46.2 Å². The number of anilines is 1. The van der Waals surface area contributed by atoms with Gasteiger partial charge in [0.25, 0.3) is 0 Å². The number of rotatable bonds is 4. The lowest BCUT2D eigenvalue weighted by molar-refractivity contribution is -0.137. The van der Waals surface area contributed by atoms with Gasteiger partial charge in [-0.3, -0.25) is 0 Å². The Hall–Kier alpha value is -2.13. The van der Waals surface area contributed by atoms with Crippen LogP contribution in [0.1, 0.15) is 13.8 Å². The molecule has 0 saturated carbocycles. The third kappa shape index (κ3) is 2.95. The highest BCUT2D eigenvalue weighted by molar-refractivity contribution is 8.28. The Bertz CT molecular complexity index is 796. The molecule has 1 atom stereocenters. The van der Waals surface area contributed by atoms with E-state index in [1.807, 2.05) is 49.2 Å². The monoisotopic (exact) mass is 393 g/mol. The maximum atomic E-state index is 12.4. The number of carbonyl (C=O) groups is 2. The van der Waals surface area contributed by atoms with Gasteiger partial charge in [0.1, 0.15) is 4.91 Å². The van der Waals surface area contributed by atoms with Gasteiger partial charge in [0.15, 0.2) is 0 Å². The zero-order valence-electron chi connectivity index (χ0n) is 14.9. The van der Waals surface area contributed by atoms with Crippen LogP contribution in [0.5, 0.6) is 0 Å². The van der Waals surface area contributed by atoms with E-state index in [1.54, 1.807) is 11.9 Å². The number of hydrogen-bond acceptors (Lipinski definition) is 9. The number of nitrogens with zero attached hydrogens (tertiary/aromatic N) is 3. The van der Waals surface area contributed by atoms with E-state index < -0.39 is 10.3 Å². The predicted octanol–water partition coefficient (Wildman–Crippen LogP) is 2.81. The van der Waals surface area contributed by atoms with E-state index in [9.17, 15) is 9.59 Å². The SMILES string of the molecule is CCOC(=O)C1=C(C)N(C)[C@@]2(SC(C(=O)OC)=NN2c2ccccc2)S1. The summed E-state index contributed by atoms with van der Waals surface area (Å²) in [4.78, 5) is 26.9. The topological polar surface area (TPSA) is 71.4 Å². The maximum Gasteiger partial charge on any atom is 0.365 e. The van der Waals surface area contributed by atoms with Crippen molar-refractivity contribution in [3.8, 4) is 0 Å². The standard InChI is InChI=1S/C17H19N3O4S2/c1-5-24-15(21)13-11(2)19(3)17(25-13)20(12-9-7-6-8-10-12)18-14(26-17)16(22)23-4/h6-10H,5H2,1-4H3/t17-/m0/s1. The molecule has 0 aliphatic carbocycles. The molecule has 0 saturated heterocycles. The molecule has 1 spiro atoms. The molecule has 7 nitrogen and oxygen atoms in total. The minimum absolute atomic E-state index is 0.230. The molecule has 9 heteroatoms. The van der Waals surface area contributed by atoms with Crippen molar-refractivity contribution in [3.05, 3.63) is 40.9 Å². The molecule has 2 aliphatic heterocycles. The van der Waals surface area contributed by atoms with Gasteiger partial charge in [-0.1, -0.05) is 30.0 Å². The second-order valence-electron chi connectivity index (χ2n) is 5.49. The van der Waals surface area contributed by atoms with Crippen LogP contribution in [-0.2, 0) is 19.1 Å². The van der Waals surface area contributed by atoms with Gasteiger partial charge in [-0.25, -0.2) is 14.6 Å². The lowest BCUT2D eigenvalue weighted by Gasteiger charge is -2.39. The Balaban J connectivity index is 2.02. The number of ether oxygens (including phenoxy) is 2. The maximum absolute atomic E-state index is 12.4. The molecule has 26 heavy (non-hydrogen) atoms. The fourth-order valence-electron chi connectivity index (χ4n) is 2.60. The van der Waals surface area contributed by atoms with Crippen LogP contribution in [0.4, 0.5) is 5.69 Å². The van der Waals surface area contributed by atoms with Gasteiger partial charge in [0.2, 0.25) is 9.37 Å². The normalized spacial score (nSPS) is 22.1. The molecule has 0 unspecified atom stereocenters. The van der Waals surface area contributed by atoms with Gasteiger partial charge in [0.05, 0.1) is 19.4 Å². The second-order valence-corrected chi connectivity index (χ2v) is 8.09. The van der Waals surface area contributed by atoms with Crippen molar-refractivity contribution in [1.82, 2.24) is 4.90 Å². The van der Waals surface area contributed by atoms with Crippen LogP contribution in [-0.4, -0.2) is 47.0 Å². The Labute approximate surface area is 160 Å². The van der Waals surface area contributed by atoms with E-state index in [4.69, 9.17) is 9.47 Å².